The molecule has 1 heterocycles. The molecule has 7 heteroatoms. The van der Waals surface area contributed by atoms with Crippen LogP contribution in [-0.2, 0) is 6.42 Å². The maximum Gasteiger partial charge on any atom is 0.223 e. The first-order chi connectivity index (χ1) is 9.63. The standard InChI is InChI=1S/C13H18N4O3/c1-8-16-13(17-20-8)4-5-15-10-7-12(19-3)11(18-2)6-9(10)14/h6-7,15H,4-5,14H2,1-3H3. The van der Waals surface area contributed by atoms with E-state index in [-0.39, 0.29) is 0 Å². The molecule has 0 saturated carbocycles. The lowest BCUT2D eigenvalue weighted by atomic mass is 10.2. The first-order valence-corrected chi connectivity index (χ1v) is 6.18. The zero-order valence-corrected chi connectivity index (χ0v) is 11.8. The average Bonchev–Trinajstić information content (AvgIpc) is 2.85. The van der Waals surface area contributed by atoms with E-state index in [9.17, 15) is 0 Å². The van der Waals surface area contributed by atoms with Crippen LogP contribution in [0.2, 0.25) is 0 Å². The predicted molar refractivity (Wildman–Crippen MR) is 75.2 cm³/mol. The lowest BCUT2D eigenvalue weighted by molar-refractivity contribution is 0.355. The lowest BCUT2D eigenvalue weighted by Gasteiger charge is -2.13. The van der Waals surface area contributed by atoms with E-state index in [1.54, 1.807) is 33.3 Å². The summed E-state index contributed by atoms with van der Waals surface area (Å²) in [5.41, 5.74) is 7.33. The number of aryl methyl sites for hydroxylation is 1. The summed E-state index contributed by atoms with van der Waals surface area (Å²) in [7, 11) is 3.16. The minimum atomic E-state index is 0.561. The first kappa shape index (κ1) is 14.0. The number of methoxy groups -OCH3 is 2. The van der Waals surface area contributed by atoms with Crippen molar-refractivity contribution in [3.05, 3.63) is 23.8 Å². The summed E-state index contributed by atoms with van der Waals surface area (Å²) in [6.45, 7) is 2.40. The molecule has 0 aliphatic carbocycles. The lowest BCUT2D eigenvalue weighted by Crippen LogP contribution is -2.08. The quantitative estimate of drug-likeness (QED) is 0.775. The zero-order chi connectivity index (χ0) is 14.5. The smallest absolute Gasteiger partial charge is 0.223 e. The molecule has 0 saturated heterocycles. The van der Waals surface area contributed by atoms with Gasteiger partial charge in [-0.3, -0.25) is 0 Å². The minimum Gasteiger partial charge on any atom is -0.493 e. The second-order valence-corrected chi connectivity index (χ2v) is 4.20. The van der Waals surface area contributed by atoms with Gasteiger partial charge in [-0.05, 0) is 0 Å². The average molecular weight is 278 g/mol. The van der Waals surface area contributed by atoms with Crippen LogP contribution in [0.3, 0.4) is 0 Å². The van der Waals surface area contributed by atoms with Crippen LogP contribution in [-0.4, -0.2) is 30.9 Å². The summed E-state index contributed by atoms with van der Waals surface area (Å²) >= 11 is 0. The molecule has 1 aromatic carbocycles. The van der Waals surface area contributed by atoms with E-state index in [4.69, 9.17) is 19.7 Å². The van der Waals surface area contributed by atoms with E-state index >= 15 is 0 Å². The normalized spacial score (nSPS) is 10.3. The van der Waals surface area contributed by atoms with Gasteiger partial charge in [-0.2, -0.15) is 4.98 Å². The number of anilines is 2. The zero-order valence-electron chi connectivity index (χ0n) is 11.8. The second-order valence-electron chi connectivity index (χ2n) is 4.20. The van der Waals surface area contributed by atoms with Gasteiger partial charge in [-0.15, -0.1) is 0 Å². The fourth-order valence-electron chi connectivity index (χ4n) is 1.80. The highest BCUT2D eigenvalue weighted by atomic mass is 16.5. The summed E-state index contributed by atoms with van der Waals surface area (Å²) in [5.74, 6) is 2.45. The third-order valence-electron chi connectivity index (χ3n) is 2.79. The van der Waals surface area contributed by atoms with Crippen molar-refractivity contribution in [1.29, 1.82) is 0 Å². The third kappa shape index (κ3) is 3.11. The molecule has 2 rings (SSSR count). The van der Waals surface area contributed by atoms with Crippen LogP contribution < -0.4 is 20.5 Å². The van der Waals surface area contributed by atoms with Crippen molar-refractivity contribution < 1.29 is 14.0 Å². The topological polar surface area (TPSA) is 95.4 Å². The molecule has 7 nitrogen and oxygen atoms in total. The molecule has 0 atom stereocenters. The fraction of sp³-hybridized carbons (Fsp3) is 0.385. The molecule has 3 N–H and O–H groups in total. The van der Waals surface area contributed by atoms with Gasteiger partial charge in [-0.1, -0.05) is 5.16 Å². The van der Waals surface area contributed by atoms with Gasteiger partial charge in [-0.25, -0.2) is 0 Å². The molecule has 0 fully saturated rings. The fourth-order valence-corrected chi connectivity index (χ4v) is 1.80. The summed E-state index contributed by atoms with van der Waals surface area (Å²) in [6, 6.07) is 3.52. The molecule has 0 unspecified atom stereocenters. The number of aromatic nitrogens is 2. The van der Waals surface area contributed by atoms with Crippen molar-refractivity contribution in [2.24, 2.45) is 0 Å². The number of hydrogen-bond donors (Lipinski definition) is 2. The Hall–Kier alpha value is -2.44. The Morgan fingerprint density at radius 1 is 1.25 bits per heavy atom. The van der Waals surface area contributed by atoms with Crippen LogP contribution in [0.25, 0.3) is 0 Å². The van der Waals surface area contributed by atoms with Crippen molar-refractivity contribution in [3.8, 4) is 11.5 Å². The highest BCUT2D eigenvalue weighted by Crippen LogP contribution is 2.34. The number of benzene rings is 1. The molecule has 20 heavy (non-hydrogen) atoms. The highest BCUT2D eigenvalue weighted by Gasteiger charge is 2.09. The third-order valence-corrected chi connectivity index (χ3v) is 2.79. The minimum absolute atomic E-state index is 0.561. The highest BCUT2D eigenvalue weighted by molar-refractivity contribution is 5.72. The van der Waals surface area contributed by atoms with Gasteiger partial charge in [0.15, 0.2) is 17.3 Å². The van der Waals surface area contributed by atoms with E-state index in [1.165, 1.54) is 0 Å². The number of nitrogens with two attached hydrogens (primary N) is 1. The SMILES string of the molecule is COc1cc(N)c(NCCc2noc(C)n2)cc1OC. The molecule has 2 aromatic rings. The van der Waals surface area contributed by atoms with Crippen LogP contribution in [0.1, 0.15) is 11.7 Å². The number of hydrogen-bond acceptors (Lipinski definition) is 7. The number of rotatable bonds is 6. The summed E-state index contributed by atoms with van der Waals surface area (Å²) in [5, 5.41) is 7.04. The van der Waals surface area contributed by atoms with Crippen molar-refractivity contribution in [2.45, 2.75) is 13.3 Å². The van der Waals surface area contributed by atoms with Crippen LogP contribution in [0, 0.1) is 6.92 Å². The number of nitrogens with zero attached hydrogens (tertiary/aromatic N) is 2. The Morgan fingerprint density at radius 3 is 2.55 bits per heavy atom. The van der Waals surface area contributed by atoms with Crippen molar-refractivity contribution in [1.82, 2.24) is 10.1 Å². The monoisotopic (exact) mass is 278 g/mol. The number of ether oxygens (including phenoxy) is 2. The van der Waals surface area contributed by atoms with Crippen LogP contribution in [0.4, 0.5) is 11.4 Å². The summed E-state index contributed by atoms with van der Waals surface area (Å²) in [4.78, 5) is 4.13. The van der Waals surface area contributed by atoms with Gasteiger partial charge >= 0.3 is 0 Å². The molecule has 108 valence electrons. The van der Waals surface area contributed by atoms with E-state index in [1.807, 2.05) is 0 Å². The molecule has 0 amide bonds. The molecular weight excluding hydrogens is 260 g/mol. The maximum atomic E-state index is 5.96. The summed E-state index contributed by atoms with van der Waals surface area (Å²) in [6.07, 6.45) is 0.644. The molecular formula is C13H18N4O3. The maximum absolute atomic E-state index is 5.96. The predicted octanol–water partition coefficient (Wildman–Crippen LogP) is 1.63. The van der Waals surface area contributed by atoms with Gasteiger partial charge in [0, 0.05) is 32.0 Å². The van der Waals surface area contributed by atoms with Crippen molar-refractivity contribution in [3.63, 3.8) is 0 Å². The van der Waals surface area contributed by atoms with Crippen molar-refractivity contribution in [2.75, 3.05) is 31.8 Å². The molecule has 0 bridgehead atoms. The number of nitrogens with one attached hydrogen (secondary N) is 1. The van der Waals surface area contributed by atoms with Gasteiger partial charge < -0.3 is 25.0 Å². The molecule has 0 aliphatic rings. The molecule has 0 spiro atoms. The van der Waals surface area contributed by atoms with E-state index in [0.29, 0.717) is 41.9 Å². The Balaban J connectivity index is 2.02. The van der Waals surface area contributed by atoms with Gasteiger partial charge in [0.05, 0.1) is 25.6 Å². The Kier molecular flexibility index (Phi) is 4.29. The summed E-state index contributed by atoms with van der Waals surface area (Å²) < 4.78 is 15.3. The first-order valence-electron chi connectivity index (χ1n) is 6.18. The molecule has 1 aromatic heterocycles. The molecule has 0 aliphatic heterocycles. The van der Waals surface area contributed by atoms with Crippen molar-refractivity contribution >= 4 is 11.4 Å². The van der Waals surface area contributed by atoms with Crippen LogP contribution in [0.5, 0.6) is 11.5 Å². The Bertz CT molecular complexity index is 583. The van der Waals surface area contributed by atoms with Crippen LogP contribution >= 0.6 is 0 Å². The Morgan fingerprint density at radius 2 is 1.95 bits per heavy atom. The van der Waals surface area contributed by atoms with E-state index < -0.39 is 0 Å². The van der Waals surface area contributed by atoms with Gasteiger partial charge in [0.25, 0.3) is 0 Å². The number of nitrogen functional groups attached to an aromatic ring is 1. The van der Waals surface area contributed by atoms with E-state index in [0.717, 1.165) is 5.69 Å². The molecule has 0 radical (unpaired) electrons. The van der Waals surface area contributed by atoms with Gasteiger partial charge in [0.2, 0.25) is 5.89 Å². The Labute approximate surface area is 117 Å². The van der Waals surface area contributed by atoms with E-state index in [2.05, 4.69) is 15.5 Å². The van der Waals surface area contributed by atoms with Gasteiger partial charge in [0.1, 0.15) is 0 Å². The van der Waals surface area contributed by atoms with Crippen LogP contribution in [0.15, 0.2) is 16.7 Å². The largest absolute Gasteiger partial charge is 0.493 e. The second kappa shape index (κ2) is 6.14.